The van der Waals surface area contributed by atoms with E-state index in [2.05, 4.69) is 109 Å². The lowest BCUT2D eigenvalue weighted by molar-refractivity contribution is 0.111. The molecule has 0 radical (unpaired) electrons. The van der Waals surface area contributed by atoms with Crippen LogP contribution in [0.4, 0.5) is 0 Å². The Hall–Kier alpha value is -9.64. The number of aromatic nitrogens is 2. The number of thiophene rings is 2. The van der Waals surface area contributed by atoms with E-state index in [1.54, 1.807) is 22.7 Å². The number of carbonyl (C=O) groups is 4. The van der Waals surface area contributed by atoms with Crippen LogP contribution in [0.5, 0.6) is 0 Å². The lowest BCUT2D eigenvalue weighted by atomic mass is 9.85. The normalized spacial score (nSPS) is 11.0. The first-order valence-electron chi connectivity index (χ1n) is 25.5. The molecule has 0 unspecified atom stereocenters. The highest BCUT2D eigenvalue weighted by Crippen LogP contribution is 2.45. The Kier molecular flexibility index (Phi) is 14.3. The number of hydrogen-bond donors (Lipinski definition) is 0. The zero-order valence-corrected chi connectivity index (χ0v) is 44.6. The number of carbonyl (C=O) groups excluding carboxylic acids is 4. The first kappa shape index (κ1) is 50.2. The van der Waals surface area contributed by atoms with Crippen molar-refractivity contribution >= 4 is 92.9 Å². The van der Waals surface area contributed by atoms with Gasteiger partial charge < -0.3 is 0 Å². The molecule has 0 atom stereocenters. The second-order valence-electron chi connectivity index (χ2n) is 18.8. The standard InChI is InChI=1S/C70H44N2O4S3/c73-41-45-11-19-53(20-12-45)67(54-21-13-46(42-74)14-22-54)65(51-7-3-1-4-8-51)57-31-27-49(28-32-57)61-37-39-63(77-61)59-35-36-60(70-69(59)71-79-72-70)64-40-38-62(78-64)50-29-33-58(34-30-50)66(52-9-5-2-6-10-52)68(55-23-15-47(43-75)16-24-55)56-25-17-48(44-76)18-26-56/h1-44H. The average Bonchev–Trinajstić information content (AvgIpc) is 4.42. The Morgan fingerprint density at radius 2 is 0.519 bits per heavy atom. The van der Waals surface area contributed by atoms with E-state index in [0.717, 1.165) is 145 Å². The smallest absolute Gasteiger partial charge is 0.150 e. The van der Waals surface area contributed by atoms with Gasteiger partial charge in [0.15, 0.2) is 0 Å². The van der Waals surface area contributed by atoms with Gasteiger partial charge >= 0.3 is 0 Å². The van der Waals surface area contributed by atoms with Crippen LogP contribution >= 0.6 is 34.4 Å². The molecule has 12 aromatic rings. The molecule has 0 fully saturated rings. The fraction of sp³-hybridized carbons (Fsp3) is 0. The summed E-state index contributed by atoms with van der Waals surface area (Å²) in [6.07, 6.45) is 3.41. The fourth-order valence-corrected chi connectivity index (χ4v) is 12.7. The molecular weight excluding hydrogens is 1030 g/mol. The third-order valence-corrected chi connectivity index (χ3v) is 16.9. The summed E-state index contributed by atoms with van der Waals surface area (Å²) in [6.45, 7) is 0. The summed E-state index contributed by atoms with van der Waals surface area (Å²) in [6, 6.07) is 81.5. The second kappa shape index (κ2) is 22.5. The summed E-state index contributed by atoms with van der Waals surface area (Å²) in [4.78, 5) is 51.1. The minimum atomic E-state index is 0.598. The highest BCUT2D eigenvalue weighted by Gasteiger charge is 2.21. The van der Waals surface area contributed by atoms with Gasteiger partial charge in [-0.25, -0.2) is 0 Å². The van der Waals surface area contributed by atoms with Crippen molar-refractivity contribution in [1.82, 2.24) is 8.75 Å². The van der Waals surface area contributed by atoms with Gasteiger partial charge in [0.1, 0.15) is 36.2 Å². The van der Waals surface area contributed by atoms with E-state index in [1.807, 2.05) is 133 Å². The highest BCUT2D eigenvalue weighted by atomic mass is 32.1. The number of fused-ring (bicyclic) bond motifs is 1. The third-order valence-electron chi connectivity index (χ3n) is 14.0. The summed E-state index contributed by atoms with van der Waals surface area (Å²) < 4.78 is 9.73. The van der Waals surface area contributed by atoms with Crippen LogP contribution in [0.3, 0.4) is 0 Å². The molecule has 3 heterocycles. The van der Waals surface area contributed by atoms with Crippen LogP contribution in [0, 0.1) is 0 Å². The van der Waals surface area contributed by atoms with Gasteiger partial charge in [-0.05, 0) is 102 Å². The van der Waals surface area contributed by atoms with Crippen molar-refractivity contribution in [2.75, 3.05) is 0 Å². The van der Waals surface area contributed by atoms with Crippen molar-refractivity contribution in [3.05, 3.63) is 309 Å². The number of nitrogens with zero attached hydrogens (tertiary/aromatic N) is 2. The molecule has 3 aromatic heterocycles. The minimum absolute atomic E-state index is 0.598. The van der Waals surface area contributed by atoms with E-state index < -0.39 is 0 Å². The topological polar surface area (TPSA) is 94.1 Å². The first-order valence-corrected chi connectivity index (χ1v) is 27.8. The molecule has 0 spiro atoms. The molecule has 9 aromatic carbocycles. The van der Waals surface area contributed by atoms with E-state index in [4.69, 9.17) is 8.75 Å². The molecule has 0 saturated carbocycles. The zero-order chi connectivity index (χ0) is 53.7. The summed E-state index contributed by atoms with van der Waals surface area (Å²) in [7, 11) is 0. The van der Waals surface area contributed by atoms with Gasteiger partial charge in [-0.1, -0.05) is 218 Å². The largest absolute Gasteiger partial charge is 0.298 e. The zero-order valence-electron chi connectivity index (χ0n) is 42.2. The Labute approximate surface area is 469 Å². The van der Waals surface area contributed by atoms with Crippen LogP contribution in [0.25, 0.3) is 75.1 Å². The molecule has 0 bridgehead atoms. The molecule has 9 heteroatoms. The van der Waals surface area contributed by atoms with Crippen molar-refractivity contribution < 1.29 is 19.2 Å². The van der Waals surface area contributed by atoms with E-state index in [0.29, 0.717) is 22.3 Å². The van der Waals surface area contributed by atoms with Crippen LogP contribution in [-0.4, -0.2) is 33.9 Å². The minimum Gasteiger partial charge on any atom is -0.298 e. The summed E-state index contributed by atoms with van der Waals surface area (Å²) in [5.41, 5.74) is 20.4. The van der Waals surface area contributed by atoms with Crippen molar-refractivity contribution in [3.63, 3.8) is 0 Å². The van der Waals surface area contributed by atoms with Gasteiger partial charge in [-0.2, -0.15) is 8.75 Å². The quantitative estimate of drug-likeness (QED) is 0.0707. The van der Waals surface area contributed by atoms with Gasteiger partial charge in [0, 0.05) is 52.9 Å². The van der Waals surface area contributed by atoms with Crippen molar-refractivity contribution in [1.29, 1.82) is 0 Å². The lowest BCUT2D eigenvalue weighted by Gasteiger charge is -2.18. The maximum absolute atomic E-state index is 11.7. The molecule has 12 rings (SSSR count). The van der Waals surface area contributed by atoms with Gasteiger partial charge in [-0.3, -0.25) is 19.2 Å². The Morgan fingerprint density at radius 1 is 0.266 bits per heavy atom. The van der Waals surface area contributed by atoms with Crippen molar-refractivity contribution in [2.45, 2.75) is 0 Å². The second-order valence-corrected chi connectivity index (χ2v) is 21.5. The van der Waals surface area contributed by atoms with Gasteiger partial charge in [0.25, 0.3) is 0 Å². The lowest BCUT2D eigenvalue weighted by Crippen LogP contribution is -1.98. The summed E-state index contributed by atoms with van der Waals surface area (Å²) >= 11 is 4.67. The summed E-state index contributed by atoms with van der Waals surface area (Å²) in [5.74, 6) is 0. The first-order chi connectivity index (χ1) is 39.0. The van der Waals surface area contributed by atoms with Gasteiger partial charge in [0.2, 0.25) is 0 Å². The molecule has 0 aliphatic carbocycles. The van der Waals surface area contributed by atoms with Crippen LogP contribution < -0.4 is 0 Å². The number of benzene rings is 9. The molecule has 0 amide bonds. The monoisotopic (exact) mass is 1070 g/mol. The predicted molar refractivity (Wildman–Crippen MR) is 325 cm³/mol. The van der Waals surface area contributed by atoms with E-state index in [1.165, 1.54) is 11.7 Å². The SMILES string of the molecule is O=Cc1ccc(C(=C(c2ccccc2)c2ccc(-c3ccc(-c4ccc(-c5ccc(-c6ccc(C(=C(c7ccc(C=O)cc7)c7ccc(C=O)cc7)c7ccccc7)cc6)s5)c5nsnc45)s3)cc2)c2ccc(C=O)cc2)cc1. The van der Waals surface area contributed by atoms with E-state index in [-0.39, 0.29) is 0 Å². The van der Waals surface area contributed by atoms with E-state index >= 15 is 0 Å². The molecule has 0 saturated heterocycles. The molecule has 0 N–H and O–H groups in total. The predicted octanol–water partition coefficient (Wildman–Crippen LogP) is 17.7. The number of aldehydes is 4. The highest BCUT2D eigenvalue weighted by molar-refractivity contribution is 7.19. The fourth-order valence-electron chi connectivity index (χ4n) is 10.1. The van der Waals surface area contributed by atoms with Crippen LogP contribution in [-0.2, 0) is 0 Å². The molecule has 376 valence electrons. The molecule has 79 heavy (non-hydrogen) atoms. The maximum atomic E-state index is 11.7. The average molecular weight is 1070 g/mol. The third kappa shape index (κ3) is 10.3. The van der Waals surface area contributed by atoms with Gasteiger partial charge in [0.05, 0.1) is 11.7 Å². The Bertz CT molecular complexity index is 3870. The number of rotatable bonds is 16. The van der Waals surface area contributed by atoms with Crippen molar-refractivity contribution in [3.8, 4) is 41.8 Å². The molecule has 0 aliphatic rings. The molecule has 6 nitrogen and oxygen atoms in total. The summed E-state index contributed by atoms with van der Waals surface area (Å²) in [5, 5.41) is 0. The Balaban J connectivity index is 0.847. The number of hydrogen-bond acceptors (Lipinski definition) is 9. The molecular formula is C70H44N2O4S3. The molecule has 0 aliphatic heterocycles. The maximum Gasteiger partial charge on any atom is 0.150 e. The van der Waals surface area contributed by atoms with Crippen LogP contribution in [0.1, 0.15) is 85.9 Å². The Morgan fingerprint density at radius 3 is 0.797 bits per heavy atom. The van der Waals surface area contributed by atoms with Crippen LogP contribution in [0.15, 0.2) is 243 Å². The van der Waals surface area contributed by atoms with E-state index in [9.17, 15) is 19.2 Å². The van der Waals surface area contributed by atoms with Gasteiger partial charge in [-0.15, -0.1) is 22.7 Å². The van der Waals surface area contributed by atoms with Crippen LogP contribution in [0.2, 0.25) is 0 Å². The van der Waals surface area contributed by atoms with Crippen molar-refractivity contribution in [2.24, 2.45) is 0 Å².